The summed E-state index contributed by atoms with van der Waals surface area (Å²) in [5.41, 5.74) is -1.85. The predicted octanol–water partition coefficient (Wildman–Crippen LogP) is 6.18. The number of rotatable bonds is 12. The summed E-state index contributed by atoms with van der Waals surface area (Å²) in [5.74, 6) is -4.63. The molecule has 0 saturated carbocycles. The number of likely N-dealkylation sites (tertiary alicyclic amines) is 1. The third-order valence-corrected chi connectivity index (χ3v) is 12.2. The Balaban J connectivity index is 0.000000218. The Labute approximate surface area is 382 Å². The molecule has 16 nitrogen and oxygen atoms in total. The summed E-state index contributed by atoms with van der Waals surface area (Å²) in [6.07, 6.45) is 2.26. The second-order valence-corrected chi connectivity index (χ2v) is 18.2. The molecule has 2 saturated heterocycles. The van der Waals surface area contributed by atoms with Crippen molar-refractivity contribution in [1.82, 2.24) is 35.5 Å². The number of piperidine rings is 1. The molecule has 2 amide bonds. The Bertz CT molecular complexity index is 2650. The first-order valence-corrected chi connectivity index (χ1v) is 22.6. The molecule has 0 unspecified atom stereocenters. The van der Waals surface area contributed by atoms with Crippen LogP contribution in [-0.4, -0.2) is 102 Å². The number of nitrogens with zero attached hydrogens (tertiary/aromatic N) is 6. The number of amides is 2. The molecule has 346 valence electrons. The molecule has 2 fully saturated rings. The van der Waals surface area contributed by atoms with Gasteiger partial charge in [0.2, 0.25) is 16.0 Å². The number of hydrogen-bond acceptors (Lipinski definition) is 13. The van der Waals surface area contributed by atoms with Crippen molar-refractivity contribution >= 4 is 79.1 Å². The number of benzene rings is 3. The maximum absolute atomic E-state index is 14.6. The zero-order valence-electron chi connectivity index (χ0n) is 34.8. The maximum atomic E-state index is 14.6. The van der Waals surface area contributed by atoms with E-state index in [2.05, 4.69) is 46.5 Å². The van der Waals surface area contributed by atoms with Crippen LogP contribution in [0.4, 0.5) is 61.0 Å². The minimum Gasteiger partial charge on any atom is -0.385 e. The molecule has 0 bridgehead atoms. The molecule has 0 radical (unpaired) electrons. The predicted molar refractivity (Wildman–Crippen MR) is 238 cm³/mol. The van der Waals surface area contributed by atoms with Gasteiger partial charge in [-0.05, 0) is 96.6 Å². The highest BCUT2D eigenvalue weighted by Crippen LogP contribution is 2.36. The summed E-state index contributed by atoms with van der Waals surface area (Å²) in [7, 11) is -0.938. The van der Waals surface area contributed by atoms with Crippen molar-refractivity contribution in [2.24, 2.45) is 0 Å². The lowest BCUT2D eigenvalue weighted by molar-refractivity contribution is -0.137. The molecule has 6 N–H and O–H groups in total. The molecule has 2 aliphatic rings. The van der Waals surface area contributed by atoms with E-state index >= 15 is 0 Å². The summed E-state index contributed by atoms with van der Waals surface area (Å²) < 4.78 is 109. The topological polar surface area (TPSA) is 207 Å². The van der Waals surface area contributed by atoms with Crippen molar-refractivity contribution in [1.29, 1.82) is 0 Å². The first-order chi connectivity index (χ1) is 30.7. The highest BCUT2D eigenvalue weighted by molar-refractivity contribution is 14.1. The quantitative estimate of drug-likeness (QED) is 0.0611. The lowest BCUT2D eigenvalue weighted by atomic mass is 9.81. The monoisotopic (exact) mass is 1040 g/mol. The number of anilines is 6. The van der Waals surface area contributed by atoms with Crippen LogP contribution in [0.1, 0.15) is 51.2 Å². The summed E-state index contributed by atoms with van der Waals surface area (Å²) >= 11 is 1.93. The zero-order valence-corrected chi connectivity index (χ0v) is 37.7. The second kappa shape index (κ2) is 20.1. The van der Waals surface area contributed by atoms with Gasteiger partial charge in [-0.15, -0.1) is 0 Å². The number of nitrogens with one attached hydrogen (secondary N) is 5. The number of aliphatic hydroxyl groups is 1. The van der Waals surface area contributed by atoms with Crippen LogP contribution >= 0.6 is 22.6 Å². The van der Waals surface area contributed by atoms with E-state index in [1.165, 1.54) is 61.7 Å². The van der Waals surface area contributed by atoms with Gasteiger partial charge >= 0.3 is 6.18 Å². The van der Waals surface area contributed by atoms with E-state index in [4.69, 9.17) is 0 Å². The Morgan fingerprint density at radius 1 is 0.985 bits per heavy atom. The molecule has 1 atom stereocenters. The SMILES string of the molecule is CNC(=O)c1ccc(Nc2ncc(C(F)(F)F)c(NCc3nccnc3N(C)S(C)(=O)=O)n2)cc1.O=C(c1ccc(F)c(F)c1Nc1ccc(I)cc1F)N1CC(O)([C@@H]2CCCCN2)C1. The van der Waals surface area contributed by atoms with Crippen molar-refractivity contribution in [2.75, 3.05) is 60.2 Å². The molecule has 4 heterocycles. The van der Waals surface area contributed by atoms with Gasteiger partial charge in [0.25, 0.3) is 11.8 Å². The minimum atomic E-state index is -4.76. The van der Waals surface area contributed by atoms with E-state index in [0.29, 0.717) is 21.0 Å². The largest absolute Gasteiger partial charge is 0.421 e. The van der Waals surface area contributed by atoms with Crippen LogP contribution in [0.3, 0.4) is 0 Å². The molecule has 0 spiro atoms. The highest BCUT2D eigenvalue weighted by Gasteiger charge is 2.50. The van der Waals surface area contributed by atoms with Crippen LogP contribution < -0.4 is 30.9 Å². The number of carbonyl (C=O) groups is 2. The number of aromatic nitrogens is 4. The number of carbonyl (C=O) groups excluding carboxylic acids is 2. The minimum absolute atomic E-state index is 0.0420. The molecule has 5 aromatic rings. The maximum Gasteiger partial charge on any atom is 0.421 e. The lowest BCUT2D eigenvalue weighted by Gasteiger charge is -2.51. The molecule has 2 aromatic heterocycles. The second-order valence-electron chi connectivity index (χ2n) is 14.9. The molecule has 0 aliphatic carbocycles. The highest BCUT2D eigenvalue weighted by atomic mass is 127. The molecule has 2 aliphatic heterocycles. The summed E-state index contributed by atoms with van der Waals surface area (Å²) in [5, 5.41) is 24.4. The number of alkyl halides is 3. The fourth-order valence-corrected chi connectivity index (χ4v) is 7.79. The van der Waals surface area contributed by atoms with Gasteiger partial charge in [-0.2, -0.15) is 18.2 Å². The Kier molecular flexibility index (Phi) is 15.0. The number of halogens is 7. The summed E-state index contributed by atoms with van der Waals surface area (Å²) in [6.45, 7) is 0.711. The van der Waals surface area contributed by atoms with Gasteiger partial charge in [-0.25, -0.2) is 31.6 Å². The fraction of sp³-hybridized carbons (Fsp3) is 0.317. The van der Waals surface area contributed by atoms with Gasteiger partial charge in [0.1, 0.15) is 28.5 Å². The number of hydrogen-bond donors (Lipinski definition) is 6. The van der Waals surface area contributed by atoms with E-state index in [1.807, 2.05) is 22.6 Å². The van der Waals surface area contributed by atoms with E-state index in [-0.39, 0.29) is 60.3 Å². The van der Waals surface area contributed by atoms with E-state index in [1.54, 1.807) is 18.2 Å². The third-order valence-electron chi connectivity index (χ3n) is 10.4. The number of β-amino-alcohol motifs (C(OH)–C–C–N with tert-alkyl or cyclic N) is 1. The molecule has 24 heteroatoms. The van der Waals surface area contributed by atoms with Gasteiger partial charge in [0, 0.05) is 53.5 Å². The lowest BCUT2D eigenvalue weighted by Crippen LogP contribution is -2.72. The molecule has 7 rings (SSSR count). The Morgan fingerprint density at radius 2 is 1.69 bits per heavy atom. The third kappa shape index (κ3) is 11.7. The van der Waals surface area contributed by atoms with Gasteiger partial charge in [-0.1, -0.05) is 6.42 Å². The average molecular weight is 1040 g/mol. The van der Waals surface area contributed by atoms with Crippen LogP contribution in [0.5, 0.6) is 0 Å². The van der Waals surface area contributed by atoms with Crippen LogP contribution in [0.15, 0.2) is 73.2 Å². The normalized spacial score (nSPS) is 15.7. The van der Waals surface area contributed by atoms with Crippen molar-refractivity contribution in [3.63, 3.8) is 0 Å². The van der Waals surface area contributed by atoms with Crippen LogP contribution in [0.25, 0.3) is 0 Å². The van der Waals surface area contributed by atoms with Gasteiger partial charge in [0.15, 0.2) is 17.5 Å². The van der Waals surface area contributed by atoms with Crippen molar-refractivity contribution < 1.29 is 49.5 Å². The smallest absolute Gasteiger partial charge is 0.385 e. The fourth-order valence-electron chi connectivity index (χ4n) is 6.87. The summed E-state index contributed by atoms with van der Waals surface area (Å²) in [4.78, 5) is 41.7. The van der Waals surface area contributed by atoms with E-state index in [9.17, 15) is 49.5 Å². The summed E-state index contributed by atoms with van der Waals surface area (Å²) in [6, 6.07) is 12.3. The zero-order chi connectivity index (χ0) is 47.3. The van der Waals surface area contributed by atoms with Crippen molar-refractivity contribution in [2.45, 2.75) is 43.6 Å². The first-order valence-electron chi connectivity index (χ1n) is 19.6. The van der Waals surface area contributed by atoms with Gasteiger partial charge < -0.3 is 36.6 Å². The molecular weight excluding hydrogens is 999 g/mol. The van der Waals surface area contributed by atoms with Crippen molar-refractivity contribution in [3.05, 3.63) is 117 Å². The van der Waals surface area contributed by atoms with Crippen LogP contribution in [0.2, 0.25) is 0 Å². The van der Waals surface area contributed by atoms with Gasteiger partial charge in [0.05, 0.1) is 42.8 Å². The Morgan fingerprint density at radius 3 is 2.32 bits per heavy atom. The van der Waals surface area contributed by atoms with Crippen LogP contribution in [-0.2, 0) is 22.7 Å². The molecule has 65 heavy (non-hydrogen) atoms. The Hall–Kier alpha value is -5.86. The number of sulfonamides is 1. The van der Waals surface area contributed by atoms with E-state index < -0.39 is 62.2 Å². The first kappa shape index (κ1) is 48.6. The van der Waals surface area contributed by atoms with E-state index in [0.717, 1.165) is 42.4 Å². The van der Waals surface area contributed by atoms with Gasteiger partial charge in [-0.3, -0.25) is 18.9 Å². The standard InChI is InChI=1S/C21H21F3IN3O2.C20H21F3N8O3S/c22-14-6-5-13(19(18(14)24)27-16-7-4-12(25)9-15(16)23)20(29)28-10-21(30,11-28)17-3-1-2-8-26-17;1-24-18(32)12-4-6-13(7-5-12)29-19-28-10-14(20(21,22)23)16(30-19)27-11-15-17(26-9-8-25-15)31(2)35(3,33)34/h4-7,9,17,26-27,30H,1-3,8,10-11H2;4-10H,11H2,1-3H3,(H,24,32)(H2,27,28,29,30)/t17-;/m0./s1. The van der Waals surface area contributed by atoms with Crippen molar-refractivity contribution in [3.8, 4) is 0 Å². The molecule has 3 aromatic carbocycles. The average Bonchev–Trinajstić information content (AvgIpc) is 3.26. The van der Waals surface area contributed by atoms with Crippen LogP contribution in [0, 0.1) is 21.0 Å². The molecular formula is C41H42F6IN11O5S.